The Labute approximate surface area is 67.5 Å². The second-order valence-electron chi connectivity index (χ2n) is 4.16. The maximum atomic E-state index is 10.8. The molecular formula is C10H14O. The van der Waals surface area contributed by atoms with Crippen LogP contribution in [0.1, 0.15) is 26.2 Å². The Morgan fingerprint density at radius 3 is 2.55 bits per heavy atom. The van der Waals surface area contributed by atoms with Crippen molar-refractivity contribution in [3.05, 3.63) is 12.2 Å². The number of allylic oxidation sites excluding steroid dienone is 2. The molecule has 1 heteroatoms. The largest absolute Gasteiger partial charge is 0.303 e. The van der Waals surface area contributed by atoms with Crippen molar-refractivity contribution in [2.75, 3.05) is 0 Å². The summed E-state index contributed by atoms with van der Waals surface area (Å²) in [6.07, 6.45) is 9.29. The third kappa shape index (κ3) is 0.943. The van der Waals surface area contributed by atoms with E-state index in [0.29, 0.717) is 11.8 Å². The molecule has 3 aliphatic rings. The van der Waals surface area contributed by atoms with Crippen LogP contribution in [0.3, 0.4) is 0 Å². The van der Waals surface area contributed by atoms with Crippen LogP contribution in [0.5, 0.6) is 0 Å². The van der Waals surface area contributed by atoms with Crippen molar-refractivity contribution >= 4 is 6.29 Å². The second kappa shape index (κ2) is 2.20. The number of rotatable bonds is 1. The van der Waals surface area contributed by atoms with Gasteiger partial charge in [0.2, 0.25) is 0 Å². The third-order valence-corrected chi connectivity index (χ3v) is 3.28. The van der Waals surface area contributed by atoms with Crippen LogP contribution in [0.2, 0.25) is 0 Å². The lowest BCUT2D eigenvalue weighted by Gasteiger charge is -2.42. The molecule has 2 bridgehead atoms. The van der Waals surface area contributed by atoms with E-state index >= 15 is 0 Å². The number of hydrogen-bond acceptors (Lipinski definition) is 1. The summed E-state index contributed by atoms with van der Waals surface area (Å²) < 4.78 is 0. The standard InChI is InChI=1S/C10H14O/c1-10(7-11)6-8-2-4-9(10)5-3-8/h2,4,7-9H,3,5-6H2,1H3/t8?,9?,10-/m1/s1. The molecular weight excluding hydrogens is 136 g/mol. The Bertz CT molecular complexity index is 207. The predicted molar refractivity (Wildman–Crippen MR) is 44.1 cm³/mol. The molecule has 3 rings (SSSR count). The minimum absolute atomic E-state index is 0.0301. The van der Waals surface area contributed by atoms with Gasteiger partial charge in [0.25, 0.3) is 0 Å². The minimum atomic E-state index is -0.0301. The molecule has 3 atom stereocenters. The summed E-state index contributed by atoms with van der Waals surface area (Å²) in [5.41, 5.74) is -0.0301. The average molecular weight is 150 g/mol. The lowest BCUT2D eigenvalue weighted by atomic mass is 9.61. The number of hydrogen-bond donors (Lipinski definition) is 0. The highest BCUT2D eigenvalue weighted by Crippen LogP contribution is 2.47. The first kappa shape index (κ1) is 7.08. The van der Waals surface area contributed by atoms with Crippen LogP contribution in [-0.4, -0.2) is 6.29 Å². The lowest BCUT2D eigenvalue weighted by molar-refractivity contribution is -0.119. The Morgan fingerprint density at radius 1 is 1.45 bits per heavy atom. The topological polar surface area (TPSA) is 17.1 Å². The summed E-state index contributed by atoms with van der Waals surface area (Å²) in [6.45, 7) is 2.10. The van der Waals surface area contributed by atoms with Crippen molar-refractivity contribution in [3.8, 4) is 0 Å². The summed E-state index contributed by atoms with van der Waals surface area (Å²) in [4.78, 5) is 10.8. The third-order valence-electron chi connectivity index (χ3n) is 3.28. The minimum Gasteiger partial charge on any atom is -0.303 e. The fourth-order valence-electron chi connectivity index (χ4n) is 2.45. The van der Waals surface area contributed by atoms with E-state index in [-0.39, 0.29) is 5.41 Å². The zero-order valence-electron chi connectivity index (χ0n) is 6.92. The van der Waals surface area contributed by atoms with Gasteiger partial charge in [-0.1, -0.05) is 19.1 Å². The van der Waals surface area contributed by atoms with E-state index in [9.17, 15) is 4.79 Å². The fraction of sp³-hybridized carbons (Fsp3) is 0.700. The molecule has 0 aromatic carbocycles. The van der Waals surface area contributed by atoms with Gasteiger partial charge in [0.1, 0.15) is 6.29 Å². The molecule has 1 fully saturated rings. The van der Waals surface area contributed by atoms with Crippen LogP contribution < -0.4 is 0 Å². The number of aldehydes is 1. The molecule has 0 aliphatic heterocycles. The van der Waals surface area contributed by atoms with Gasteiger partial charge in [-0.15, -0.1) is 0 Å². The quantitative estimate of drug-likeness (QED) is 0.413. The second-order valence-corrected chi connectivity index (χ2v) is 4.16. The van der Waals surface area contributed by atoms with Gasteiger partial charge in [-0.3, -0.25) is 0 Å². The van der Waals surface area contributed by atoms with E-state index in [0.717, 1.165) is 12.7 Å². The highest BCUT2D eigenvalue weighted by atomic mass is 16.1. The summed E-state index contributed by atoms with van der Waals surface area (Å²) >= 11 is 0. The molecule has 1 nitrogen and oxygen atoms in total. The average Bonchev–Trinajstić information content (AvgIpc) is 2.06. The zero-order chi connectivity index (χ0) is 7.90. The summed E-state index contributed by atoms with van der Waals surface area (Å²) in [7, 11) is 0. The fourth-order valence-corrected chi connectivity index (χ4v) is 2.45. The molecule has 0 heterocycles. The van der Waals surface area contributed by atoms with Crippen LogP contribution in [0, 0.1) is 17.3 Å². The molecule has 0 aromatic rings. The Balaban J connectivity index is 2.29. The predicted octanol–water partition coefficient (Wildman–Crippen LogP) is 2.18. The Hall–Kier alpha value is -0.590. The molecule has 0 amide bonds. The van der Waals surface area contributed by atoms with Gasteiger partial charge in [-0.25, -0.2) is 0 Å². The summed E-state index contributed by atoms with van der Waals surface area (Å²) in [5, 5.41) is 0. The highest BCUT2D eigenvalue weighted by Gasteiger charge is 2.40. The van der Waals surface area contributed by atoms with Crippen molar-refractivity contribution in [2.45, 2.75) is 26.2 Å². The van der Waals surface area contributed by atoms with Crippen LogP contribution in [0.4, 0.5) is 0 Å². The molecule has 1 saturated carbocycles. The Morgan fingerprint density at radius 2 is 2.27 bits per heavy atom. The van der Waals surface area contributed by atoms with Crippen LogP contribution in [-0.2, 0) is 4.79 Å². The summed E-state index contributed by atoms with van der Waals surface area (Å²) in [6, 6.07) is 0. The molecule has 3 aliphatic carbocycles. The van der Waals surface area contributed by atoms with Gasteiger partial charge in [0.15, 0.2) is 0 Å². The van der Waals surface area contributed by atoms with Gasteiger partial charge in [-0.05, 0) is 31.1 Å². The molecule has 0 saturated heterocycles. The first-order valence-electron chi connectivity index (χ1n) is 4.39. The molecule has 0 radical (unpaired) electrons. The van der Waals surface area contributed by atoms with E-state index in [4.69, 9.17) is 0 Å². The van der Waals surface area contributed by atoms with Gasteiger partial charge in [0, 0.05) is 5.41 Å². The van der Waals surface area contributed by atoms with Gasteiger partial charge < -0.3 is 4.79 Å². The monoisotopic (exact) mass is 150 g/mol. The Kier molecular flexibility index (Phi) is 1.41. The summed E-state index contributed by atoms with van der Waals surface area (Å²) in [5.74, 6) is 1.22. The smallest absolute Gasteiger partial charge is 0.126 e. The van der Waals surface area contributed by atoms with Gasteiger partial charge in [-0.2, -0.15) is 0 Å². The van der Waals surface area contributed by atoms with E-state index in [1.54, 1.807) is 0 Å². The molecule has 11 heavy (non-hydrogen) atoms. The first-order chi connectivity index (χ1) is 5.24. The van der Waals surface area contributed by atoms with Crippen molar-refractivity contribution in [1.29, 1.82) is 0 Å². The zero-order valence-corrected chi connectivity index (χ0v) is 6.92. The van der Waals surface area contributed by atoms with E-state index < -0.39 is 0 Å². The van der Waals surface area contributed by atoms with Crippen molar-refractivity contribution in [2.24, 2.45) is 17.3 Å². The van der Waals surface area contributed by atoms with E-state index in [1.807, 2.05) is 0 Å². The van der Waals surface area contributed by atoms with Gasteiger partial charge in [0.05, 0.1) is 0 Å². The molecule has 0 aromatic heterocycles. The van der Waals surface area contributed by atoms with Crippen LogP contribution in [0.25, 0.3) is 0 Å². The normalized spacial score (nSPS) is 47.7. The number of carbonyl (C=O) groups is 1. The molecule has 0 spiro atoms. The maximum absolute atomic E-state index is 10.8. The number of carbonyl (C=O) groups excluding carboxylic acids is 1. The van der Waals surface area contributed by atoms with E-state index in [1.165, 1.54) is 12.8 Å². The van der Waals surface area contributed by atoms with Crippen LogP contribution >= 0.6 is 0 Å². The van der Waals surface area contributed by atoms with Crippen LogP contribution in [0.15, 0.2) is 12.2 Å². The molecule has 60 valence electrons. The van der Waals surface area contributed by atoms with Crippen molar-refractivity contribution < 1.29 is 4.79 Å². The van der Waals surface area contributed by atoms with Crippen molar-refractivity contribution in [3.63, 3.8) is 0 Å². The SMILES string of the molecule is C[C@]1(C=O)CC2C=CC1CC2. The maximum Gasteiger partial charge on any atom is 0.126 e. The lowest BCUT2D eigenvalue weighted by Crippen LogP contribution is -2.37. The highest BCUT2D eigenvalue weighted by molar-refractivity contribution is 5.61. The molecule has 2 unspecified atom stereocenters. The molecule has 0 N–H and O–H groups in total. The van der Waals surface area contributed by atoms with E-state index in [2.05, 4.69) is 19.1 Å². The first-order valence-corrected chi connectivity index (χ1v) is 4.39. The van der Waals surface area contributed by atoms with Gasteiger partial charge >= 0.3 is 0 Å². The van der Waals surface area contributed by atoms with Crippen molar-refractivity contribution in [1.82, 2.24) is 0 Å². The number of fused-ring (bicyclic) bond motifs is 2.